The molecule has 3 rings (SSSR count). The van der Waals surface area contributed by atoms with Gasteiger partial charge in [0.15, 0.2) is 10.6 Å². The van der Waals surface area contributed by atoms with Gasteiger partial charge in [0.05, 0.1) is 25.6 Å². The van der Waals surface area contributed by atoms with Gasteiger partial charge in [-0.1, -0.05) is 29.0 Å². The Kier molecular flexibility index (Phi) is 6.62. The third-order valence-electron chi connectivity index (χ3n) is 4.92. The lowest BCUT2D eigenvalue weighted by Crippen LogP contribution is -3.12. The molecular formula is C19H27N4O2S2+. The van der Waals surface area contributed by atoms with Gasteiger partial charge >= 0.3 is 5.97 Å². The highest BCUT2D eigenvalue weighted by molar-refractivity contribution is 7.73. The first-order valence-electron chi connectivity index (χ1n) is 9.38. The number of nitrogens with one attached hydrogen (secondary N) is 2. The lowest BCUT2D eigenvalue weighted by Gasteiger charge is -2.27. The number of likely N-dealkylation sites (tertiary alicyclic amines) is 1. The predicted octanol–water partition coefficient (Wildman–Crippen LogP) is 2.85. The van der Waals surface area contributed by atoms with Crippen LogP contribution in [0.5, 0.6) is 0 Å². The number of hydrogen-bond donors (Lipinski definition) is 2. The highest BCUT2D eigenvalue weighted by Crippen LogP contribution is 2.23. The predicted molar refractivity (Wildman–Crippen MR) is 110 cm³/mol. The molecule has 1 saturated heterocycles. The smallest absolute Gasteiger partial charge is 0.309 e. The van der Waals surface area contributed by atoms with E-state index >= 15 is 0 Å². The summed E-state index contributed by atoms with van der Waals surface area (Å²) in [4.78, 5) is 13.3. The van der Waals surface area contributed by atoms with Gasteiger partial charge in [0.2, 0.25) is 5.13 Å². The fraction of sp³-hybridized carbons (Fsp3) is 0.526. The molecule has 6 nitrogen and oxygen atoms in total. The van der Waals surface area contributed by atoms with Gasteiger partial charge in [-0.3, -0.25) is 4.79 Å². The van der Waals surface area contributed by atoms with Crippen LogP contribution in [0.15, 0.2) is 18.2 Å². The molecule has 1 aliphatic heterocycles. The molecule has 2 heterocycles. The number of carbonyl (C=O) groups is 1. The van der Waals surface area contributed by atoms with Gasteiger partial charge in [-0.05, 0) is 44.6 Å². The average molecular weight is 408 g/mol. The maximum absolute atomic E-state index is 11.9. The Balaban J connectivity index is 1.59. The minimum atomic E-state index is -0.0539. The summed E-state index contributed by atoms with van der Waals surface area (Å²) in [7, 11) is 0. The Morgan fingerprint density at radius 2 is 2.15 bits per heavy atom. The molecule has 146 valence electrons. The number of nitrogens with zero attached hydrogens (tertiary/aromatic N) is 2. The van der Waals surface area contributed by atoms with Crippen LogP contribution in [-0.2, 0) is 16.2 Å². The van der Waals surface area contributed by atoms with Crippen LogP contribution < -0.4 is 10.2 Å². The second-order valence-corrected chi connectivity index (χ2v) is 8.67. The number of hydrogen-bond acceptors (Lipinski definition) is 6. The van der Waals surface area contributed by atoms with Gasteiger partial charge in [-0.2, -0.15) is 4.68 Å². The number of rotatable bonds is 6. The Hall–Kier alpha value is -1.77. The van der Waals surface area contributed by atoms with Crippen molar-refractivity contribution in [3.05, 3.63) is 33.3 Å². The van der Waals surface area contributed by atoms with Crippen molar-refractivity contribution in [2.24, 2.45) is 5.92 Å². The molecular weight excluding hydrogens is 380 g/mol. The van der Waals surface area contributed by atoms with Gasteiger partial charge in [0.1, 0.15) is 0 Å². The minimum Gasteiger partial charge on any atom is -0.466 e. The number of benzene rings is 1. The molecule has 0 atom stereocenters. The molecule has 0 amide bonds. The van der Waals surface area contributed by atoms with Crippen LogP contribution in [0.1, 0.15) is 30.9 Å². The topological polar surface area (TPSA) is 60.6 Å². The largest absolute Gasteiger partial charge is 0.466 e. The summed E-state index contributed by atoms with van der Waals surface area (Å²) in [6, 6.07) is 6.31. The van der Waals surface area contributed by atoms with E-state index in [0.29, 0.717) is 6.61 Å². The zero-order valence-corrected chi connectivity index (χ0v) is 17.7. The second kappa shape index (κ2) is 8.95. The van der Waals surface area contributed by atoms with Gasteiger partial charge < -0.3 is 15.0 Å². The van der Waals surface area contributed by atoms with Crippen molar-refractivity contribution < 1.29 is 14.4 Å². The Bertz CT molecular complexity index is 854. The first-order chi connectivity index (χ1) is 13.0. The van der Waals surface area contributed by atoms with Crippen LogP contribution in [0.3, 0.4) is 0 Å². The van der Waals surface area contributed by atoms with Crippen molar-refractivity contribution in [1.82, 2.24) is 9.78 Å². The molecule has 2 aromatic rings. The van der Waals surface area contributed by atoms with E-state index in [1.54, 1.807) is 0 Å². The Morgan fingerprint density at radius 3 is 2.81 bits per heavy atom. The standard InChI is InChI=1S/C19H26N4O2S2/c1-4-25-17(24)15-7-9-22(10-8-15)12-23-19(26)27-18(21-23)20-16-6-5-13(2)11-14(16)3/h5-6,11,15H,4,7-10,12H2,1-3H3,(H,20,21)/p+1. The van der Waals surface area contributed by atoms with Gasteiger partial charge in [-0.25, -0.2) is 0 Å². The van der Waals surface area contributed by atoms with E-state index in [4.69, 9.17) is 17.0 Å². The molecule has 0 bridgehead atoms. The molecule has 0 aliphatic carbocycles. The normalized spacial score (nSPS) is 19.7. The van der Waals surface area contributed by atoms with E-state index in [-0.39, 0.29) is 11.9 Å². The van der Waals surface area contributed by atoms with Gasteiger partial charge in [-0.15, -0.1) is 5.10 Å². The van der Waals surface area contributed by atoms with E-state index in [2.05, 4.69) is 42.5 Å². The highest BCUT2D eigenvalue weighted by atomic mass is 32.1. The number of aryl methyl sites for hydroxylation is 2. The quantitative estimate of drug-likeness (QED) is 0.570. The third kappa shape index (κ3) is 5.15. The van der Waals surface area contributed by atoms with Gasteiger partial charge in [0, 0.05) is 18.5 Å². The molecule has 0 spiro atoms. The van der Waals surface area contributed by atoms with E-state index in [1.165, 1.54) is 27.4 Å². The number of quaternary nitrogens is 1. The lowest BCUT2D eigenvalue weighted by molar-refractivity contribution is -0.928. The van der Waals surface area contributed by atoms with E-state index < -0.39 is 0 Å². The van der Waals surface area contributed by atoms with Crippen LogP contribution in [0.25, 0.3) is 0 Å². The fourth-order valence-electron chi connectivity index (χ4n) is 3.42. The maximum atomic E-state index is 11.9. The molecule has 27 heavy (non-hydrogen) atoms. The monoisotopic (exact) mass is 407 g/mol. The van der Waals surface area contributed by atoms with Crippen molar-refractivity contribution in [2.75, 3.05) is 25.0 Å². The van der Waals surface area contributed by atoms with Crippen molar-refractivity contribution in [1.29, 1.82) is 0 Å². The molecule has 8 heteroatoms. The minimum absolute atomic E-state index is 0.0406. The second-order valence-electron chi connectivity index (χ2n) is 7.05. The van der Waals surface area contributed by atoms with Crippen molar-refractivity contribution >= 4 is 40.3 Å². The zero-order valence-electron chi connectivity index (χ0n) is 16.1. The molecule has 2 N–H and O–H groups in total. The number of carbonyl (C=O) groups excluding carboxylic acids is 1. The van der Waals surface area contributed by atoms with E-state index in [0.717, 1.165) is 47.4 Å². The first kappa shape index (κ1) is 20.0. The number of anilines is 2. The van der Waals surface area contributed by atoms with Crippen molar-refractivity contribution in [2.45, 2.75) is 40.3 Å². The summed E-state index contributed by atoms with van der Waals surface area (Å²) in [5.41, 5.74) is 3.49. The van der Waals surface area contributed by atoms with E-state index in [9.17, 15) is 4.79 Å². The maximum Gasteiger partial charge on any atom is 0.309 e. The number of aromatic nitrogens is 2. The molecule has 1 aromatic heterocycles. The van der Waals surface area contributed by atoms with Crippen LogP contribution in [0, 0.1) is 23.7 Å². The molecule has 1 aromatic carbocycles. The number of esters is 1. The summed E-state index contributed by atoms with van der Waals surface area (Å²) < 4.78 is 7.80. The summed E-state index contributed by atoms with van der Waals surface area (Å²) in [5, 5.41) is 8.85. The van der Waals surface area contributed by atoms with Crippen molar-refractivity contribution in [3.63, 3.8) is 0 Å². The third-order valence-corrected chi connectivity index (χ3v) is 6.14. The van der Waals surface area contributed by atoms with Crippen molar-refractivity contribution in [3.8, 4) is 0 Å². The molecule has 0 saturated carbocycles. The Morgan fingerprint density at radius 1 is 1.41 bits per heavy atom. The average Bonchev–Trinajstić information content (AvgIpc) is 2.97. The zero-order chi connectivity index (χ0) is 19.4. The van der Waals surface area contributed by atoms with E-state index in [1.807, 2.05) is 11.6 Å². The summed E-state index contributed by atoms with van der Waals surface area (Å²) in [5.74, 6) is -0.0133. The SMILES string of the molecule is CCOC(=O)C1CC[NH+](Cn2nc(Nc3ccc(C)cc3C)sc2=S)CC1. The summed E-state index contributed by atoms with van der Waals surface area (Å²) in [6.07, 6.45) is 1.72. The molecule has 1 fully saturated rings. The summed E-state index contributed by atoms with van der Waals surface area (Å²) in [6.45, 7) is 9.08. The molecule has 1 aliphatic rings. The van der Waals surface area contributed by atoms with Crippen LogP contribution >= 0.6 is 23.6 Å². The van der Waals surface area contributed by atoms with Crippen LogP contribution in [0.4, 0.5) is 10.8 Å². The first-order valence-corrected chi connectivity index (χ1v) is 10.6. The van der Waals surface area contributed by atoms with Crippen LogP contribution in [-0.4, -0.2) is 35.4 Å². The van der Waals surface area contributed by atoms with Gasteiger partial charge in [0.25, 0.3) is 0 Å². The molecule has 0 unspecified atom stereocenters. The molecule has 0 radical (unpaired) electrons. The Labute approximate surface area is 169 Å². The fourth-order valence-corrected chi connectivity index (χ4v) is 4.44. The van der Waals surface area contributed by atoms with Crippen LogP contribution in [0.2, 0.25) is 0 Å². The summed E-state index contributed by atoms with van der Waals surface area (Å²) >= 11 is 6.99. The number of piperidine rings is 1. The number of ether oxygens (including phenoxy) is 1. The highest BCUT2D eigenvalue weighted by Gasteiger charge is 2.28. The lowest BCUT2D eigenvalue weighted by atomic mass is 9.97.